The third kappa shape index (κ3) is 5.04. The Morgan fingerprint density at radius 3 is 2.55 bits per heavy atom. The van der Waals surface area contributed by atoms with Crippen LogP contribution in [0.1, 0.15) is 40.6 Å². The van der Waals surface area contributed by atoms with Crippen molar-refractivity contribution in [3.8, 4) is 0 Å². The van der Waals surface area contributed by atoms with Gasteiger partial charge in [-0.2, -0.15) is 0 Å². The molecule has 0 unspecified atom stereocenters. The fourth-order valence-corrected chi connectivity index (χ4v) is 2.07. The summed E-state index contributed by atoms with van der Waals surface area (Å²) in [5.74, 6) is -0.881. The molecular formula is C14H20N2O5S. The van der Waals surface area contributed by atoms with E-state index in [2.05, 4.69) is 9.97 Å². The minimum absolute atomic E-state index is 0.0729. The van der Waals surface area contributed by atoms with Crippen LogP contribution in [0.4, 0.5) is 0 Å². The smallest absolute Gasteiger partial charge is 0.342 e. The molecule has 1 aromatic heterocycles. The number of ketones is 1. The number of thioether (sulfide) groups is 1. The van der Waals surface area contributed by atoms with Crippen molar-refractivity contribution < 1.29 is 23.8 Å². The molecule has 7 nitrogen and oxygen atoms in total. The van der Waals surface area contributed by atoms with Crippen LogP contribution in [0.25, 0.3) is 0 Å². The summed E-state index contributed by atoms with van der Waals surface area (Å²) >= 11 is 1.29. The van der Waals surface area contributed by atoms with Crippen LogP contribution in [0, 0.1) is 0 Å². The van der Waals surface area contributed by atoms with Crippen LogP contribution in [0.3, 0.4) is 0 Å². The second-order valence-electron chi connectivity index (χ2n) is 4.20. The van der Waals surface area contributed by atoms with E-state index in [1.807, 2.05) is 0 Å². The Labute approximate surface area is 133 Å². The van der Waals surface area contributed by atoms with Crippen molar-refractivity contribution >= 4 is 23.5 Å². The molecule has 0 bridgehead atoms. The van der Waals surface area contributed by atoms with Crippen LogP contribution < -0.4 is 0 Å². The second-order valence-corrected chi connectivity index (χ2v) is 4.98. The van der Waals surface area contributed by atoms with E-state index in [0.29, 0.717) is 11.6 Å². The number of methoxy groups -OCH3 is 2. The molecule has 0 saturated heterocycles. The second kappa shape index (κ2) is 9.50. The Hall–Kier alpha value is -1.51. The third-order valence-electron chi connectivity index (χ3n) is 2.84. The third-order valence-corrected chi connectivity index (χ3v) is 3.40. The first kappa shape index (κ1) is 18.5. The van der Waals surface area contributed by atoms with Gasteiger partial charge >= 0.3 is 5.97 Å². The molecule has 0 radical (unpaired) electrons. The number of esters is 1. The van der Waals surface area contributed by atoms with Gasteiger partial charge in [0.25, 0.3) is 0 Å². The standard InChI is InChI=1S/C14H20N2O5S/c1-5-21-13(18)9-8-15-14(22-4)16-12(9)10(17)6-7-11(19-2)20-3/h8,11H,5-7H2,1-4H3. The first-order valence-corrected chi connectivity index (χ1v) is 7.96. The van der Waals surface area contributed by atoms with Crippen LogP contribution >= 0.6 is 11.8 Å². The maximum absolute atomic E-state index is 12.4. The Kier molecular flexibility index (Phi) is 8.00. The van der Waals surface area contributed by atoms with Gasteiger partial charge in [0.15, 0.2) is 17.2 Å². The molecule has 0 fully saturated rings. The van der Waals surface area contributed by atoms with Gasteiger partial charge in [0, 0.05) is 33.3 Å². The summed E-state index contributed by atoms with van der Waals surface area (Å²) in [5, 5.41) is 0.423. The molecule has 0 saturated carbocycles. The number of rotatable bonds is 9. The lowest BCUT2D eigenvalue weighted by Crippen LogP contribution is -2.18. The zero-order valence-electron chi connectivity index (χ0n) is 13.1. The monoisotopic (exact) mass is 328 g/mol. The van der Waals surface area contributed by atoms with Crippen LogP contribution in [0.2, 0.25) is 0 Å². The number of aromatic nitrogens is 2. The molecule has 0 amide bonds. The highest BCUT2D eigenvalue weighted by Crippen LogP contribution is 2.16. The Morgan fingerprint density at radius 2 is 2.00 bits per heavy atom. The summed E-state index contributed by atoms with van der Waals surface area (Å²) in [6, 6.07) is 0. The predicted octanol–water partition coefficient (Wildman–Crippen LogP) is 1.96. The van der Waals surface area contributed by atoms with Crippen molar-refractivity contribution in [3.63, 3.8) is 0 Å². The molecule has 0 aliphatic heterocycles. The number of hydrogen-bond acceptors (Lipinski definition) is 8. The highest BCUT2D eigenvalue weighted by Gasteiger charge is 2.22. The van der Waals surface area contributed by atoms with Gasteiger partial charge in [-0.3, -0.25) is 4.79 Å². The molecule has 122 valence electrons. The molecule has 0 spiro atoms. The topological polar surface area (TPSA) is 87.6 Å². The fraction of sp³-hybridized carbons (Fsp3) is 0.571. The van der Waals surface area contributed by atoms with Gasteiger partial charge in [-0.05, 0) is 13.2 Å². The summed E-state index contributed by atoms with van der Waals surface area (Å²) in [5.41, 5.74) is 0.153. The Bertz CT molecular complexity index is 520. The molecule has 1 aromatic rings. The quantitative estimate of drug-likeness (QED) is 0.223. The molecule has 1 rings (SSSR count). The van der Waals surface area contributed by atoms with Crippen LogP contribution in [0.5, 0.6) is 0 Å². The average molecular weight is 328 g/mol. The van der Waals surface area contributed by atoms with Crippen LogP contribution in [-0.4, -0.2) is 55.1 Å². The maximum Gasteiger partial charge on any atom is 0.342 e. The average Bonchev–Trinajstić information content (AvgIpc) is 2.55. The molecule has 0 aliphatic carbocycles. The number of carbonyl (C=O) groups is 2. The van der Waals surface area contributed by atoms with Gasteiger partial charge in [-0.15, -0.1) is 0 Å². The van der Waals surface area contributed by atoms with Crippen molar-refractivity contribution in [2.24, 2.45) is 0 Å². The summed E-state index contributed by atoms with van der Waals surface area (Å²) in [7, 11) is 3.00. The van der Waals surface area contributed by atoms with Gasteiger partial charge < -0.3 is 14.2 Å². The van der Waals surface area contributed by atoms with Gasteiger partial charge in [0.2, 0.25) is 0 Å². The van der Waals surface area contributed by atoms with E-state index in [1.165, 1.54) is 32.2 Å². The van der Waals surface area contributed by atoms with E-state index in [1.54, 1.807) is 13.2 Å². The Morgan fingerprint density at radius 1 is 1.32 bits per heavy atom. The fourth-order valence-electron chi connectivity index (χ4n) is 1.73. The molecule has 0 N–H and O–H groups in total. The van der Waals surface area contributed by atoms with Crippen LogP contribution in [-0.2, 0) is 14.2 Å². The Balaban J connectivity index is 2.98. The number of carbonyl (C=O) groups excluding carboxylic acids is 2. The van der Waals surface area contributed by atoms with Gasteiger partial charge in [-0.1, -0.05) is 11.8 Å². The van der Waals surface area contributed by atoms with E-state index < -0.39 is 12.3 Å². The van der Waals surface area contributed by atoms with E-state index in [4.69, 9.17) is 14.2 Å². The van der Waals surface area contributed by atoms with E-state index in [-0.39, 0.29) is 30.1 Å². The minimum Gasteiger partial charge on any atom is -0.462 e. The number of ether oxygens (including phenoxy) is 3. The van der Waals surface area contributed by atoms with E-state index >= 15 is 0 Å². The molecule has 0 atom stereocenters. The number of Topliss-reactive ketones (excluding diaryl/α,β-unsaturated/α-hetero) is 1. The largest absolute Gasteiger partial charge is 0.462 e. The van der Waals surface area contributed by atoms with Crippen molar-refractivity contribution in [1.82, 2.24) is 9.97 Å². The van der Waals surface area contributed by atoms with E-state index in [0.717, 1.165) is 0 Å². The summed E-state index contributed by atoms with van der Waals surface area (Å²) in [4.78, 5) is 32.4. The summed E-state index contributed by atoms with van der Waals surface area (Å²) < 4.78 is 15.0. The zero-order chi connectivity index (χ0) is 16.5. The first-order chi connectivity index (χ1) is 10.6. The zero-order valence-corrected chi connectivity index (χ0v) is 13.9. The summed E-state index contributed by atoms with van der Waals surface area (Å²) in [6.07, 6.45) is 3.15. The number of nitrogens with zero attached hydrogens (tertiary/aromatic N) is 2. The lowest BCUT2D eigenvalue weighted by Gasteiger charge is -2.13. The van der Waals surface area contributed by atoms with E-state index in [9.17, 15) is 9.59 Å². The number of hydrogen-bond donors (Lipinski definition) is 0. The predicted molar refractivity (Wildman–Crippen MR) is 81.1 cm³/mol. The van der Waals surface area contributed by atoms with Gasteiger partial charge in [-0.25, -0.2) is 14.8 Å². The van der Waals surface area contributed by atoms with Crippen molar-refractivity contribution in [3.05, 3.63) is 17.5 Å². The first-order valence-electron chi connectivity index (χ1n) is 6.74. The molecule has 1 heterocycles. The molecule has 0 aliphatic rings. The maximum atomic E-state index is 12.4. The highest BCUT2D eigenvalue weighted by atomic mass is 32.2. The molecule has 0 aromatic carbocycles. The molecule has 22 heavy (non-hydrogen) atoms. The lowest BCUT2D eigenvalue weighted by atomic mass is 10.1. The summed E-state index contributed by atoms with van der Waals surface area (Å²) in [6.45, 7) is 1.91. The van der Waals surface area contributed by atoms with Gasteiger partial charge in [0.1, 0.15) is 11.3 Å². The highest BCUT2D eigenvalue weighted by molar-refractivity contribution is 7.98. The van der Waals surface area contributed by atoms with Crippen molar-refractivity contribution in [2.75, 3.05) is 27.1 Å². The van der Waals surface area contributed by atoms with Crippen molar-refractivity contribution in [1.29, 1.82) is 0 Å². The van der Waals surface area contributed by atoms with Gasteiger partial charge in [0.05, 0.1) is 6.61 Å². The SMILES string of the molecule is CCOC(=O)c1cnc(SC)nc1C(=O)CCC(OC)OC. The molecule has 8 heteroatoms. The van der Waals surface area contributed by atoms with Crippen LogP contribution in [0.15, 0.2) is 11.4 Å². The lowest BCUT2D eigenvalue weighted by molar-refractivity contribution is -0.105. The molecular weight excluding hydrogens is 308 g/mol. The van der Waals surface area contributed by atoms with Crippen molar-refractivity contribution in [2.45, 2.75) is 31.2 Å². The normalized spacial score (nSPS) is 10.8. The minimum atomic E-state index is -0.603.